The summed E-state index contributed by atoms with van der Waals surface area (Å²) >= 11 is 3.24. The predicted octanol–water partition coefficient (Wildman–Crippen LogP) is 1.73. The zero-order valence-corrected chi connectivity index (χ0v) is 11.1. The third-order valence-electron chi connectivity index (χ3n) is 3.15. The van der Waals surface area contributed by atoms with Crippen molar-refractivity contribution in [3.8, 4) is 0 Å². The molecular formula is C11H16BrN3O. The van der Waals surface area contributed by atoms with E-state index in [9.17, 15) is 4.79 Å². The number of nitrogens with one attached hydrogen (secondary N) is 1. The van der Waals surface area contributed by atoms with Gasteiger partial charge in [-0.1, -0.05) is 0 Å². The van der Waals surface area contributed by atoms with E-state index in [-0.39, 0.29) is 5.56 Å². The van der Waals surface area contributed by atoms with Crippen molar-refractivity contribution in [2.45, 2.75) is 32.2 Å². The lowest BCUT2D eigenvalue weighted by molar-refractivity contribution is 0.272. The van der Waals surface area contributed by atoms with Crippen LogP contribution >= 0.6 is 15.9 Å². The van der Waals surface area contributed by atoms with Crippen LogP contribution < -0.4 is 5.56 Å². The Morgan fingerprint density at radius 2 is 2.38 bits per heavy atom. The molecule has 2 rings (SSSR count). The molecule has 0 amide bonds. The zero-order valence-electron chi connectivity index (χ0n) is 9.53. The van der Waals surface area contributed by atoms with Crippen molar-refractivity contribution in [3.63, 3.8) is 0 Å². The molecule has 16 heavy (non-hydrogen) atoms. The highest BCUT2D eigenvalue weighted by molar-refractivity contribution is 9.10. The molecule has 1 aromatic rings. The average molecular weight is 286 g/mol. The summed E-state index contributed by atoms with van der Waals surface area (Å²) in [6.07, 6.45) is 1.11. The fourth-order valence-electron chi connectivity index (χ4n) is 2.10. The van der Waals surface area contributed by atoms with Crippen LogP contribution in [0.1, 0.15) is 31.9 Å². The molecule has 0 aromatic carbocycles. The zero-order chi connectivity index (χ0) is 11.7. The van der Waals surface area contributed by atoms with Gasteiger partial charge in [0.05, 0.1) is 10.2 Å². The van der Waals surface area contributed by atoms with Crippen LogP contribution in [0.5, 0.6) is 0 Å². The summed E-state index contributed by atoms with van der Waals surface area (Å²) in [5.74, 6) is 0.440. The van der Waals surface area contributed by atoms with Crippen molar-refractivity contribution < 1.29 is 0 Å². The summed E-state index contributed by atoms with van der Waals surface area (Å²) in [5, 5.41) is 6.64. The molecule has 0 saturated carbocycles. The summed E-state index contributed by atoms with van der Waals surface area (Å²) in [5.41, 5.74) is 0.817. The van der Waals surface area contributed by atoms with E-state index in [1.807, 2.05) is 6.07 Å². The third kappa shape index (κ3) is 2.35. The highest BCUT2D eigenvalue weighted by Crippen LogP contribution is 2.27. The molecule has 1 aliphatic heterocycles. The molecule has 1 N–H and O–H groups in total. The van der Waals surface area contributed by atoms with Crippen molar-refractivity contribution >= 4 is 15.9 Å². The fraction of sp³-hybridized carbons (Fsp3) is 0.636. The van der Waals surface area contributed by atoms with Crippen LogP contribution in [0.2, 0.25) is 0 Å². The highest BCUT2D eigenvalue weighted by atomic mass is 79.9. The van der Waals surface area contributed by atoms with E-state index in [1.54, 1.807) is 0 Å². The van der Waals surface area contributed by atoms with Crippen LogP contribution in [0.15, 0.2) is 15.3 Å². The number of aromatic amines is 1. The van der Waals surface area contributed by atoms with E-state index in [1.165, 1.54) is 0 Å². The lowest BCUT2D eigenvalue weighted by atomic mass is 10.1. The molecule has 4 nitrogen and oxygen atoms in total. The van der Waals surface area contributed by atoms with Gasteiger partial charge < -0.3 is 4.90 Å². The van der Waals surface area contributed by atoms with E-state index < -0.39 is 0 Å². The first-order valence-electron chi connectivity index (χ1n) is 5.57. The molecule has 1 fully saturated rings. The van der Waals surface area contributed by atoms with E-state index >= 15 is 0 Å². The molecule has 1 aliphatic rings. The predicted molar refractivity (Wildman–Crippen MR) is 66.6 cm³/mol. The lowest BCUT2D eigenvalue weighted by Gasteiger charge is -2.19. The molecule has 0 bridgehead atoms. The second-order valence-electron chi connectivity index (χ2n) is 4.54. The van der Waals surface area contributed by atoms with Crippen molar-refractivity contribution in [3.05, 3.63) is 26.6 Å². The van der Waals surface area contributed by atoms with Crippen molar-refractivity contribution in [1.82, 2.24) is 15.1 Å². The van der Waals surface area contributed by atoms with Crippen LogP contribution in [0.4, 0.5) is 0 Å². The van der Waals surface area contributed by atoms with Crippen LogP contribution in [0.25, 0.3) is 0 Å². The molecule has 0 aliphatic carbocycles. The molecule has 1 saturated heterocycles. The Balaban J connectivity index is 2.14. The first kappa shape index (κ1) is 11.8. The summed E-state index contributed by atoms with van der Waals surface area (Å²) in [6.45, 7) is 6.56. The van der Waals surface area contributed by atoms with Crippen LogP contribution in [0, 0.1) is 0 Å². The molecule has 1 atom stereocenters. The monoisotopic (exact) mass is 285 g/mol. The number of aromatic nitrogens is 2. The van der Waals surface area contributed by atoms with Gasteiger partial charge in [0, 0.05) is 18.5 Å². The number of likely N-dealkylation sites (tertiary alicyclic amines) is 1. The maximum Gasteiger partial charge on any atom is 0.278 e. The average Bonchev–Trinajstić information content (AvgIpc) is 2.71. The number of nitrogens with zero attached hydrogens (tertiary/aromatic N) is 2. The van der Waals surface area contributed by atoms with Crippen molar-refractivity contribution in [1.29, 1.82) is 0 Å². The Morgan fingerprint density at radius 1 is 1.62 bits per heavy atom. The van der Waals surface area contributed by atoms with Gasteiger partial charge in [0.15, 0.2) is 0 Å². The molecule has 1 unspecified atom stereocenters. The molecule has 0 radical (unpaired) electrons. The van der Waals surface area contributed by atoms with E-state index in [0.29, 0.717) is 16.4 Å². The maximum absolute atomic E-state index is 11.2. The van der Waals surface area contributed by atoms with Gasteiger partial charge in [-0.2, -0.15) is 5.10 Å². The summed E-state index contributed by atoms with van der Waals surface area (Å²) in [4.78, 5) is 13.6. The lowest BCUT2D eigenvalue weighted by Crippen LogP contribution is -2.28. The first-order valence-corrected chi connectivity index (χ1v) is 6.36. The standard InChI is InChI=1S/C11H16BrN3O/c1-7(2)15-4-3-8(6-15)10-5-9(12)11(16)14-13-10/h5,7-8H,3-4,6H2,1-2H3,(H,14,16). The number of hydrogen-bond acceptors (Lipinski definition) is 3. The topological polar surface area (TPSA) is 49.0 Å². The second-order valence-corrected chi connectivity index (χ2v) is 5.40. The highest BCUT2D eigenvalue weighted by Gasteiger charge is 2.26. The SMILES string of the molecule is CC(C)N1CCC(c2cc(Br)c(=O)[nH]n2)C1. The van der Waals surface area contributed by atoms with Gasteiger partial charge in [0.2, 0.25) is 0 Å². The Hall–Kier alpha value is -0.680. The molecule has 88 valence electrons. The first-order chi connectivity index (χ1) is 7.58. The Labute approximate surface area is 103 Å². The molecule has 0 spiro atoms. The normalized spacial score (nSPS) is 21.9. The molecular weight excluding hydrogens is 270 g/mol. The maximum atomic E-state index is 11.2. The van der Waals surface area contributed by atoms with Crippen LogP contribution in [-0.2, 0) is 0 Å². The Kier molecular flexibility index (Phi) is 3.44. The number of H-pyrrole nitrogens is 1. The summed E-state index contributed by atoms with van der Waals surface area (Å²) in [7, 11) is 0. The van der Waals surface area contributed by atoms with Gasteiger partial charge >= 0.3 is 0 Å². The van der Waals surface area contributed by atoms with Gasteiger partial charge in [0.1, 0.15) is 0 Å². The number of hydrogen-bond donors (Lipinski definition) is 1. The minimum absolute atomic E-state index is 0.164. The Morgan fingerprint density at radius 3 is 2.94 bits per heavy atom. The Bertz CT molecular complexity index is 429. The van der Waals surface area contributed by atoms with Gasteiger partial charge in [0.25, 0.3) is 5.56 Å². The number of rotatable bonds is 2. The largest absolute Gasteiger partial charge is 0.300 e. The molecule has 5 heteroatoms. The van der Waals surface area contributed by atoms with E-state index in [2.05, 4.69) is 44.9 Å². The second kappa shape index (κ2) is 4.67. The smallest absolute Gasteiger partial charge is 0.278 e. The third-order valence-corrected chi connectivity index (χ3v) is 3.74. The van der Waals surface area contributed by atoms with E-state index in [4.69, 9.17) is 0 Å². The summed E-state index contributed by atoms with van der Waals surface area (Å²) in [6, 6.07) is 2.42. The quantitative estimate of drug-likeness (QED) is 0.900. The molecule has 2 heterocycles. The molecule has 1 aromatic heterocycles. The van der Waals surface area contributed by atoms with Gasteiger partial charge in [-0.15, -0.1) is 0 Å². The summed E-state index contributed by atoms with van der Waals surface area (Å²) < 4.78 is 0.570. The minimum atomic E-state index is -0.164. The van der Waals surface area contributed by atoms with Crippen molar-refractivity contribution in [2.24, 2.45) is 0 Å². The number of halogens is 1. The van der Waals surface area contributed by atoms with Crippen LogP contribution in [-0.4, -0.2) is 34.2 Å². The van der Waals surface area contributed by atoms with E-state index in [0.717, 1.165) is 25.2 Å². The van der Waals surface area contributed by atoms with Gasteiger partial charge in [-0.3, -0.25) is 4.79 Å². The van der Waals surface area contributed by atoms with Gasteiger partial charge in [-0.05, 0) is 48.8 Å². The fourth-order valence-corrected chi connectivity index (χ4v) is 2.43. The van der Waals surface area contributed by atoms with Crippen molar-refractivity contribution in [2.75, 3.05) is 13.1 Å². The van der Waals surface area contributed by atoms with Crippen LogP contribution in [0.3, 0.4) is 0 Å². The van der Waals surface area contributed by atoms with Gasteiger partial charge in [-0.25, -0.2) is 5.10 Å². The minimum Gasteiger partial charge on any atom is -0.300 e.